The Bertz CT molecular complexity index is 1300. The number of nitrogens with two attached hydrogens (primary N) is 1. The van der Waals surface area contributed by atoms with Crippen LogP contribution in [0.1, 0.15) is 33.9 Å². The van der Waals surface area contributed by atoms with Crippen molar-refractivity contribution >= 4 is 31.1 Å². The molecule has 1 saturated heterocycles. The van der Waals surface area contributed by atoms with Crippen molar-refractivity contribution in [1.82, 2.24) is 14.6 Å². The van der Waals surface area contributed by atoms with Crippen LogP contribution in [0.25, 0.3) is 0 Å². The van der Waals surface area contributed by atoms with Gasteiger partial charge in [-0.2, -0.15) is 10.1 Å². The van der Waals surface area contributed by atoms with E-state index < -0.39 is 61.5 Å². The van der Waals surface area contributed by atoms with Gasteiger partial charge in [0, 0.05) is 6.20 Å². The zero-order valence-electron chi connectivity index (χ0n) is 21.2. The topological polar surface area (TPSA) is 164 Å². The second kappa shape index (κ2) is 12.3. The monoisotopic (exact) mass is 568 g/mol. The van der Waals surface area contributed by atoms with Crippen molar-refractivity contribution in [1.29, 1.82) is 0 Å². The van der Waals surface area contributed by atoms with Crippen LogP contribution in [-0.4, -0.2) is 56.5 Å². The number of nitrogen functional groups attached to an aromatic ring is 1. The van der Waals surface area contributed by atoms with Gasteiger partial charge in [0.1, 0.15) is 29.8 Å². The number of carbonyl (C=O) groups is 1. The zero-order chi connectivity index (χ0) is 28.1. The smallest absolute Gasteiger partial charge is 0.459 e. The Hall–Kier alpha value is -2.91. The molecular formula is C24H30ClN4O8P. The minimum absolute atomic E-state index is 0.0124. The van der Waals surface area contributed by atoms with Crippen LogP contribution < -0.4 is 21.0 Å². The van der Waals surface area contributed by atoms with E-state index in [1.807, 2.05) is 0 Å². The lowest BCUT2D eigenvalue weighted by Crippen LogP contribution is -2.43. The number of halogens is 1. The van der Waals surface area contributed by atoms with Crippen molar-refractivity contribution in [2.75, 3.05) is 12.3 Å². The Balaban J connectivity index is 1.86. The summed E-state index contributed by atoms with van der Waals surface area (Å²) in [6.45, 7) is 5.78. The highest BCUT2D eigenvalue weighted by atomic mass is 35.5. The average Bonchev–Trinajstić information content (AvgIpc) is 3.08. The van der Waals surface area contributed by atoms with E-state index >= 15 is 0 Å². The number of benzene rings is 1. The third kappa shape index (κ3) is 6.94. The number of alkyl halides is 1. The van der Waals surface area contributed by atoms with Crippen LogP contribution in [0.3, 0.4) is 0 Å². The van der Waals surface area contributed by atoms with Crippen LogP contribution in [0.5, 0.6) is 5.75 Å². The molecule has 0 amide bonds. The highest BCUT2D eigenvalue weighted by molar-refractivity contribution is 7.52. The molecule has 1 fully saturated rings. The summed E-state index contributed by atoms with van der Waals surface area (Å²) in [5, 5.41) is 13.6. The molecule has 2 aromatic rings. The standard InChI is InChI=1S/C24H30ClN4O8P/c1-5-12-24(25)20(30)18(36-22(24)29-13-11-19(26)27-23(29)32)14-34-38(33,37-17-9-7-6-8-10-17)28-16(4)21(31)35-15(2)3/h6-11,13,15-16,18,20,22,30H,14H2,1-4H3,(H,28,33)(H2,26,27,32)/t16-,18+,20?,22+,24+,38?/m0/s1. The number of aliphatic hydroxyl groups is 1. The summed E-state index contributed by atoms with van der Waals surface area (Å²) in [5.41, 5.74) is 4.80. The van der Waals surface area contributed by atoms with E-state index in [0.29, 0.717) is 0 Å². The molecule has 1 aliphatic heterocycles. The lowest BCUT2D eigenvalue weighted by molar-refractivity contribution is -0.149. The number of rotatable bonds is 10. The third-order valence-corrected chi connectivity index (χ3v) is 7.45. The Morgan fingerprint density at radius 2 is 2.03 bits per heavy atom. The number of carbonyl (C=O) groups excluding carboxylic acids is 1. The second-order valence-electron chi connectivity index (χ2n) is 8.69. The van der Waals surface area contributed by atoms with E-state index in [-0.39, 0.29) is 11.6 Å². The fraction of sp³-hybridized carbons (Fsp3) is 0.458. The molecule has 6 atom stereocenters. The Morgan fingerprint density at radius 1 is 1.34 bits per heavy atom. The van der Waals surface area contributed by atoms with E-state index in [0.717, 1.165) is 4.57 Å². The third-order valence-electron chi connectivity index (χ3n) is 5.30. The Kier molecular flexibility index (Phi) is 9.59. The van der Waals surface area contributed by atoms with Crippen LogP contribution >= 0.6 is 19.3 Å². The van der Waals surface area contributed by atoms with Gasteiger partial charge >= 0.3 is 19.4 Å². The molecule has 0 radical (unpaired) electrons. The summed E-state index contributed by atoms with van der Waals surface area (Å²) in [6, 6.07) is 8.44. The van der Waals surface area contributed by atoms with Gasteiger partial charge < -0.3 is 24.8 Å². The van der Waals surface area contributed by atoms with Crippen molar-refractivity contribution < 1.29 is 33.0 Å². The number of aromatic nitrogens is 2. The van der Waals surface area contributed by atoms with Crippen molar-refractivity contribution in [2.45, 2.75) is 63.2 Å². The number of nitrogens with zero attached hydrogens (tertiary/aromatic N) is 2. The van der Waals surface area contributed by atoms with E-state index in [9.17, 15) is 19.3 Å². The summed E-state index contributed by atoms with van der Waals surface area (Å²) in [6.07, 6.45) is -3.09. The van der Waals surface area contributed by atoms with Crippen molar-refractivity contribution in [3.8, 4) is 17.6 Å². The van der Waals surface area contributed by atoms with Crippen LogP contribution in [0, 0.1) is 11.8 Å². The molecule has 2 unspecified atom stereocenters. The van der Waals surface area contributed by atoms with Gasteiger partial charge in [0.25, 0.3) is 0 Å². The molecule has 2 heterocycles. The molecule has 14 heteroatoms. The van der Waals surface area contributed by atoms with Crippen LogP contribution in [0.2, 0.25) is 0 Å². The molecule has 12 nitrogen and oxygen atoms in total. The van der Waals surface area contributed by atoms with E-state index in [2.05, 4.69) is 21.9 Å². The van der Waals surface area contributed by atoms with Crippen LogP contribution in [0.4, 0.5) is 5.82 Å². The lowest BCUT2D eigenvalue weighted by atomic mass is 9.99. The zero-order valence-corrected chi connectivity index (χ0v) is 22.9. The van der Waals surface area contributed by atoms with Crippen molar-refractivity contribution in [2.24, 2.45) is 0 Å². The van der Waals surface area contributed by atoms with Gasteiger partial charge in [0.15, 0.2) is 11.1 Å². The summed E-state index contributed by atoms with van der Waals surface area (Å²) in [7, 11) is -4.26. The fourth-order valence-corrected chi connectivity index (χ4v) is 5.49. The molecule has 0 bridgehead atoms. The highest BCUT2D eigenvalue weighted by Gasteiger charge is 2.56. The summed E-state index contributed by atoms with van der Waals surface area (Å²) >= 11 is 6.68. The largest absolute Gasteiger partial charge is 0.462 e. The molecule has 206 valence electrons. The first-order valence-corrected chi connectivity index (χ1v) is 13.6. The molecule has 1 aliphatic rings. The van der Waals surface area contributed by atoms with E-state index in [1.54, 1.807) is 44.2 Å². The predicted molar refractivity (Wildman–Crippen MR) is 139 cm³/mol. The van der Waals surface area contributed by atoms with Crippen molar-refractivity contribution in [3.05, 3.63) is 53.1 Å². The van der Waals surface area contributed by atoms with E-state index in [1.165, 1.54) is 26.1 Å². The number of esters is 1. The molecule has 0 spiro atoms. The molecule has 0 aliphatic carbocycles. The number of aliphatic hydroxyl groups excluding tert-OH is 1. The Morgan fingerprint density at radius 3 is 2.63 bits per heavy atom. The van der Waals surface area contributed by atoms with Gasteiger partial charge in [-0.15, -0.1) is 5.92 Å². The maximum Gasteiger partial charge on any atom is 0.459 e. The maximum atomic E-state index is 13.7. The molecule has 1 aromatic carbocycles. The highest BCUT2D eigenvalue weighted by Crippen LogP contribution is 2.48. The summed E-state index contributed by atoms with van der Waals surface area (Å²) in [4.78, 5) is 26.7. The molecule has 0 saturated carbocycles. The number of hydrogen-bond donors (Lipinski definition) is 3. The summed E-state index contributed by atoms with van der Waals surface area (Å²) in [5.74, 6) is 4.82. The summed E-state index contributed by atoms with van der Waals surface area (Å²) < 4.78 is 37.0. The van der Waals surface area contributed by atoms with Crippen LogP contribution in [-0.2, 0) is 23.4 Å². The first-order valence-electron chi connectivity index (χ1n) is 11.7. The molecular weight excluding hydrogens is 539 g/mol. The SMILES string of the molecule is CC#C[C@@]1(Cl)C(O)[C@@H](COP(=O)(N[C@@H](C)C(=O)OC(C)C)Oc2ccccc2)O[C@H]1n1ccc(N)nc1=O. The molecule has 38 heavy (non-hydrogen) atoms. The quantitative estimate of drug-likeness (QED) is 0.166. The van der Waals surface area contributed by atoms with E-state index in [4.69, 9.17) is 35.9 Å². The first kappa shape index (κ1) is 29.6. The van der Waals surface area contributed by atoms with Gasteiger partial charge in [0.2, 0.25) is 0 Å². The fourth-order valence-electron chi connectivity index (χ4n) is 3.59. The Labute approximate surface area is 225 Å². The number of anilines is 1. The number of hydrogen-bond acceptors (Lipinski definition) is 10. The number of para-hydroxylation sites is 1. The maximum absolute atomic E-state index is 13.7. The minimum Gasteiger partial charge on any atom is -0.462 e. The molecule has 1 aromatic heterocycles. The average molecular weight is 569 g/mol. The van der Waals surface area contributed by atoms with Gasteiger partial charge in [0.05, 0.1) is 12.7 Å². The predicted octanol–water partition coefficient (Wildman–Crippen LogP) is 2.22. The van der Waals surface area contributed by atoms with Gasteiger partial charge in [-0.1, -0.05) is 35.7 Å². The minimum atomic E-state index is -4.26. The number of nitrogens with one attached hydrogen (secondary N) is 1. The van der Waals surface area contributed by atoms with Crippen molar-refractivity contribution in [3.63, 3.8) is 0 Å². The first-order chi connectivity index (χ1) is 17.9. The van der Waals surface area contributed by atoms with Gasteiger partial charge in [-0.3, -0.25) is 13.9 Å². The second-order valence-corrected chi connectivity index (χ2v) is 11.0. The molecule has 4 N–H and O–H groups in total. The van der Waals surface area contributed by atoms with Gasteiger partial charge in [-0.25, -0.2) is 9.36 Å². The van der Waals surface area contributed by atoms with Crippen LogP contribution in [0.15, 0.2) is 47.4 Å². The number of ether oxygens (including phenoxy) is 2. The molecule has 3 rings (SSSR count). The lowest BCUT2D eigenvalue weighted by Gasteiger charge is -2.26. The normalized spacial score (nSPS) is 25.2. The van der Waals surface area contributed by atoms with Gasteiger partial charge in [-0.05, 0) is 45.9 Å².